The molecule has 1 aliphatic carbocycles. The van der Waals surface area contributed by atoms with Gasteiger partial charge in [0.2, 0.25) is 0 Å². The summed E-state index contributed by atoms with van der Waals surface area (Å²) in [6.07, 6.45) is 11.9. The Kier molecular flexibility index (Phi) is 14.8. The summed E-state index contributed by atoms with van der Waals surface area (Å²) in [6, 6.07) is 31.8. The first-order chi connectivity index (χ1) is 24.1. The Bertz CT molecular complexity index is 1790. The highest BCUT2D eigenvalue weighted by Gasteiger charge is 2.27. The molecule has 0 bridgehead atoms. The highest BCUT2D eigenvalue weighted by Crippen LogP contribution is 2.36. The predicted octanol–water partition coefficient (Wildman–Crippen LogP) is 12.5. The summed E-state index contributed by atoms with van der Waals surface area (Å²) in [7, 11) is 0. The van der Waals surface area contributed by atoms with Gasteiger partial charge in [-0.3, -0.25) is 4.68 Å². The van der Waals surface area contributed by atoms with E-state index in [1.807, 2.05) is 0 Å². The second-order valence-corrected chi connectivity index (χ2v) is 15.4. The van der Waals surface area contributed by atoms with Crippen molar-refractivity contribution in [2.24, 2.45) is 21.8 Å². The summed E-state index contributed by atoms with van der Waals surface area (Å²) in [5.74, 6) is 2.85. The minimum atomic E-state index is 0.302. The molecule has 0 amide bonds. The Balaban J connectivity index is 0.00000181. The van der Waals surface area contributed by atoms with Gasteiger partial charge in [-0.15, -0.1) is 0 Å². The Morgan fingerprint density at radius 2 is 1.14 bits per heavy atom. The van der Waals surface area contributed by atoms with Gasteiger partial charge in [0, 0.05) is 55.8 Å². The second kappa shape index (κ2) is 19.0. The maximum atomic E-state index is 5.73. The number of rotatable bonds is 9. The smallest absolute Gasteiger partial charge is 0.162 e. The van der Waals surface area contributed by atoms with Gasteiger partial charge in [0.15, 0.2) is 11.7 Å². The van der Waals surface area contributed by atoms with Crippen molar-refractivity contribution in [3.8, 4) is 0 Å². The topological polar surface area (TPSA) is 44.9 Å². The fraction of sp³-hybridized carbons (Fsp3) is 0.302. The molecular weight excluding hydrogens is 746 g/mol. The van der Waals surface area contributed by atoms with E-state index < -0.39 is 0 Å². The molecule has 1 aliphatic rings. The highest BCUT2D eigenvalue weighted by molar-refractivity contribution is 9.21. The van der Waals surface area contributed by atoms with Crippen molar-refractivity contribution < 1.29 is 0 Å². The number of benzene rings is 3. The molecule has 0 saturated heterocycles. The molecule has 3 aromatic carbocycles. The van der Waals surface area contributed by atoms with Gasteiger partial charge in [-0.2, -0.15) is 3.37 Å². The molecule has 0 radical (unpaired) electrons. The molecule has 7 heteroatoms. The zero-order chi connectivity index (χ0) is 36.2. The number of hydrogen-bond donors (Lipinski definition) is 1. The zero-order valence-electron chi connectivity index (χ0n) is 30.6. The van der Waals surface area contributed by atoms with E-state index in [9.17, 15) is 0 Å². The number of aromatic nitrogens is 1. The lowest BCUT2D eigenvalue weighted by Crippen LogP contribution is -2.46. The molecule has 0 aliphatic heterocycles. The van der Waals surface area contributed by atoms with Crippen molar-refractivity contribution in [1.29, 1.82) is 0 Å². The Morgan fingerprint density at radius 3 is 1.60 bits per heavy atom. The standard InChI is InChI=1S/C43H50N4.Br2HN/c1-30(2)36-24-15-16-25-37(31(3)4)40(36)44-42(34-20-11-9-12-21-34)47(46-28-17-18-29-46)43(35-22-13-10-14-23-35)45-41-38(32(5)6)26-19-27-39(41)33(7)8;1-3-2/h9-15,17-33H,16H2,1-8H3;3H. The van der Waals surface area contributed by atoms with E-state index in [1.54, 1.807) is 0 Å². The predicted molar refractivity (Wildman–Crippen MR) is 222 cm³/mol. The van der Waals surface area contributed by atoms with Crippen LogP contribution in [0.1, 0.15) is 95.9 Å². The molecule has 1 aromatic heterocycles. The van der Waals surface area contributed by atoms with Gasteiger partial charge in [0.25, 0.3) is 0 Å². The average molecular weight is 798 g/mol. The fourth-order valence-corrected chi connectivity index (χ4v) is 6.11. The van der Waals surface area contributed by atoms with Crippen molar-refractivity contribution in [3.63, 3.8) is 0 Å². The van der Waals surface area contributed by atoms with Crippen LogP contribution in [0.25, 0.3) is 0 Å². The van der Waals surface area contributed by atoms with Crippen LogP contribution in [0.2, 0.25) is 0 Å². The maximum absolute atomic E-state index is 5.73. The van der Waals surface area contributed by atoms with Crippen LogP contribution in [0.3, 0.4) is 0 Å². The molecule has 1 heterocycles. The normalized spacial score (nSPS) is 13.9. The summed E-state index contributed by atoms with van der Waals surface area (Å²) in [5, 5.41) is 2.20. The van der Waals surface area contributed by atoms with Gasteiger partial charge in [-0.25, -0.2) is 15.0 Å². The molecule has 0 spiro atoms. The lowest BCUT2D eigenvalue weighted by atomic mass is 9.92. The van der Waals surface area contributed by atoms with Crippen LogP contribution in [0.4, 0.5) is 5.69 Å². The van der Waals surface area contributed by atoms with Crippen molar-refractivity contribution in [2.75, 3.05) is 5.01 Å². The van der Waals surface area contributed by atoms with E-state index in [1.165, 1.54) is 22.3 Å². The molecule has 1 N–H and O–H groups in total. The van der Waals surface area contributed by atoms with E-state index >= 15 is 0 Å². The largest absolute Gasteiger partial charge is 0.261 e. The van der Waals surface area contributed by atoms with Crippen LogP contribution >= 0.6 is 32.3 Å². The minimum absolute atomic E-state index is 0.302. The zero-order valence-corrected chi connectivity index (χ0v) is 33.8. The van der Waals surface area contributed by atoms with E-state index in [4.69, 9.17) is 9.98 Å². The molecule has 4 aromatic rings. The fourth-order valence-electron chi connectivity index (χ4n) is 6.11. The number of amidine groups is 2. The van der Waals surface area contributed by atoms with Gasteiger partial charge < -0.3 is 0 Å². The Labute approximate surface area is 317 Å². The first kappa shape index (κ1) is 39.0. The molecule has 5 nitrogen and oxygen atoms in total. The molecule has 0 atom stereocenters. The van der Waals surface area contributed by atoms with E-state index in [-0.39, 0.29) is 0 Å². The summed E-state index contributed by atoms with van der Waals surface area (Å²) >= 11 is 5.62. The van der Waals surface area contributed by atoms with Crippen molar-refractivity contribution >= 4 is 49.7 Å². The third-order valence-corrected chi connectivity index (χ3v) is 8.62. The van der Waals surface area contributed by atoms with Gasteiger partial charge in [0.1, 0.15) is 0 Å². The highest BCUT2D eigenvalue weighted by atomic mass is 79.9. The van der Waals surface area contributed by atoms with Gasteiger partial charge >= 0.3 is 0 Å². The summed E-state index contributed by atoms with van der Waals surface area (Å²) in [4.78, 5) is 11.4. The van der Waals surface area contributed by atoms with Crippen molar-refractivity contribution in [2.45, 2.75) is 73.6 Å². The molecular formula is C43H51Br2N5. The lowest BCUT2D eigenvalue weighted by Gasteiger charge is -2.30. The Morgan fingerprint density at radius 1 is 0.640 bits per heavy atom. The van der Waals surface area contributed by atoms with Crippen LogP contribution in [0.5, 0.6) is 0 Å². The number of halogens is 2. The van der Waals surface area contributed by atoms with Gasteiger partial charge in [-0.1, -0.05) is 152 Å². The monoisotopic (exact) mass is 795 g/mol. The Hall–Kier alpha value is -3.78. The van der Waals surface area contributed by atoms with Crippen LogP contribution in [-0.2, 0) is 0 Å². The number of nitrogens with zero attached hydrogens (tertiary/aromatic N) is 4. The van der Waals surface area contributed by atoms with Crippen LogP contribution in [-0.4, -0.2) is 16.3 Å². The van der Waals surface area contributed by atoms with E-state index in [0.717, 1.165) is 40.6 Å². The molecule has 0 fully saturated rings. The first-order valence-corrected chi connectivity index (χ1v) is 19.1. The van der Waals surface area contributed by atoms with Crippen molar-refractivity contribution in [1.82, 2.24) is 8.05 Å². The maximum Gasteiger partial charge on any atom is 0.162 e. The van der Waals surface area contributed by atoms with Crippen LogP contribution < -0.4 is 8.38 Å². The van der Waals surface area contributed by atoms with Gasteiger partial charge in [-0.05, 0) is 64.5 Å². The molecule has 5 rings (SSSR count). The third-order valence-electron chi connectivity index (χ3n) is 8.62. The number of para-hydroxylation sites is 1. The molecule has 0 saturated carbocycles. The molecule has 0 unspecified atom stereocenters. The van der Waals surface area contributed by atoms with E-state index in [0.29, 0.717) is 23.7 Å². The molecule has 50 heavy (non-hydrogen) atoms. The summed E-state index contributed by atoms with van der Waals surface area (Å²) < 4.78 is 4.49. The number of hydrogen-bond acceptors (Lipinski definition) is 3. The van der Waals surface area contributed by atoms with Crippen molar-refractivity contribution in [3.05, 3.63) is 161 Å². The number of allylic oxidation sites excluding steroid dienone is 5. The lowest BCUT2D eigenvalue weighted by molar-refractivity contribution is 0.740. The average Bonchev–Trinajstić information content (AvgIpc) is 3.54. The van der Waals surface area contributed by atoms with E-state index in [2.05, 4.69) is 222 Å². The van der Waals surface area contributed by atoms with Crippen LogP contribution in [0, 0.1) is 11.8 Å². The van der Waals surface area contributed by atoms with Gasteiger partial charge in [0.05, 0.1) is 11.4 Å². The number of aliphatic imine (C=N–C) groups is 2. The summed E-state index contributed by atoms with van der Waals surface area (Å²) in [5.41, 5.74) is 9.08. The SMILES string of the molecule is BrNBr.CC(C)C1=CCC=CC(C(C)C)=C1N=C(c1ccccc1)N(C(=Nc1c(C(C)C)cccc1C(C)C)c1ccccc1)n1cccc1. The quantitative estimate of drug-likeness (QED) is 0.104. The third kappa shape index (κ3) is 9.71. The molecule has 262 valence electrons. The summed E-state index contributed by atoms with van der Waals surface area (Å²) in [6.45, 7) is 18.1. The second-order valence-electron chi connectivity index (χ2n) is 13.6. The minimum Gasteiger partial charge on any atom is -0.261 e. The van der Waals surface area contributed by atoms with Crippen LogP contribution in [0.15, 0.2) is 148 Å². The first-order valence-electron chi connectivity index (χ1n) is 17.5. The number of nitrogens with one attached hydrogen (secondary N) is 1.